The zero-order chi connectivity index (χ0) is 28.3. The minimum Gasteiger partial charge on any atom is -0.493 e. The molecule has 0 bridgehead atoms. The topological polar surface area (TPSA) is 64.0 Å². The molecule has 3 aromatic rings. The Balaban J connectivity index is 1.57. The standard InChI is InChI=1S/C33H42N2O4/c1-25(2)33(24-34,28-14-16-29(36-4)32(22-28)38-6)18-10-19-35(3)20-17-26-13-15-30(31(21-26)37-5)39-23-27-11-8-7-9-12-27/h7-9,11-16,21-22,25H,10,17-20,23H2,1-6H3. The molecule has 0 fully saturated rings. The molecule has 6 heteroatoms. The van der Waals surface area contributed by atoms with Crippen LogP contribution in [0.4, 0.5) is 0 Å². The van der Waals surface area contributed by atoms with Gasteiger partial charge in [0.25, 0.3) is 0 Å². The largest absolute Gasteiger partial charge is 0.493 e. The van der Waals surface area contributed by atoms with E-state index in [1.807, 2.05) is 54.6 Å². The molecule has 0 saturated carbocycles. The molecule has 39 heavy (non-hydrogen) atoms. The van der Waals surface area contributed by atoms with E-state index in [1.54, 1.807) is 21.3 Å². The van der Waals surface area contributed by atoms with Crippen LogP contribution in [-0.2, 0) is 18.4 Å². The fourth-order valence-electron chi connectivity index (χ4n) is 4.91. The SMILES string of the molecule is COc1ccc(C(C#N)(CCCN(C)CCc2ccc(OCc3ccccc3)c(OC)c2)C(C)C)cc1OC. The first-order chi connectivity index (χ1) is 18.9. The zero-order valence-electron chi connectivity index (χ0n) is 24.2. The Morgan fingerprint density at radius 2 is 1.46 bits per heavy atom. The van der Waals surface area contributed by atoms with Gasteiger partial charge in [-0.05, 0) is 79.7 Å². The summed E-state index contributed by atoms with van der Waals surface area (Å²) >= 11 is 0. The third-order valence-corrected chi connectivity index (χ3v) is 7.44. The summed E-state index contributed by atoms with van der Waals surface area (Å²) in [4.78, 5) is 2.32. The second kappa shape index (κ2) is 14.5. The number of likely N-dealkylation sites (N-methyl/N-ethyl adjacent to an activating group) is 1. The molecular weight excluding hydrogens is 488 g/mol. The molecule has 1 atom stereocenters. The van der Waals surface area contributed by atoms with Crippen LogP contribution >= 0.6 is 0 Å². The van der Waals surface area contributed by atoms with Crippen molar-refractivity contribution in [3.63, 3.8) is 0 Å². The summed E-state index contributed by atoms with van der Waals surface area (Å²) in [6.45, 7) is 6.54. The molecule has 208 valence electrons. The third-order valence-electron chi connectivity index (χ3n) is 7.44. The zero-order valence-corrected chi connectivity index (χ0v) is 24.2. The fourth-order valence-corrected chi connectivity index (χ4v) is 4.91. The van der Waals surface area contributed by atoms with E-state index < -0.39 is 5.41 Å². The summed E-state index contributed by atoms with van der Waals surface area (Å²) in [5.74, 6) is 2.97. The van der Waals surface area contributed by atoms with Gasteiger partial charge in [-0.15, -0.1) is 0 Å². The Kier molecular flexibility index (Phi) is 11.1. The average molecular weight is 531 g/mol. The normalized spacial score (nSPS) is 12.6. The van der Waals surface area contributed by atoms with Crippen molar-refractivity contribution in [1.29, 1.82) is 5.26 Å². The lowest BCUT2D eigenvalue weighted by molar-refractivity contribution is 0.283. The van der Waals surface area contributed by atoms with Crippen LogP contribution in [0.15, 0.2) is 66.7 Å². The summed E-state index contributed by atoms with van der Waals surface area (Å²) in [5, 5.41) is 10.3. The first-order valence-electron chi connectivity index (χ1n) is 13.5. The molecule has 0 spiro atoms. The number of rotatable bonds is 15. The second-order valence-electron chi connectivity index (χ2n) is 10.2. The molecule has 6 nitrogen and oxygen atoms in total. The highest BCUT2D eigenvalue weighted by molar-refractivity contribution is 5.47. The van der Waals surface area contributed by atoms with Gasteiger partial charge in [-0.3, -0.25) is 0 Å². The maximum absolute atomic E-state index is 10.3. The van der Waals surface area contributed by atoms with Gasteiger partial charge in [-0.2, -0.15) is 5.26 Å². The van der Waals surface area contributed by atoms with E-state index in [0.29, 0.717) is 18.1 Å². The lowest BCUT2D eigenvalue weighted by atomic mass is 9.69. The highest BCUT2D eigenvalue weighted by Crippen LogP contribution is 2.40. The first kappa shape index (κ1) is 29.9. The molecule has 0 aliphatic carbocycles. The Hall–Kier alpha value is -3.69. The van der Waals surface area contributed by atoms with Crippen molar-refractivity contribution < 1.29 is 18.9 Å². The van der Waals surface area contributed by atoms with Crippen molar-refractivity contribution in [1.82, 2.24) is 4.90 Å². The molecule has 3 rings (SSSR count). The van der Waals surface area contributed by atoms with Crippen molar-refractivity contribution in [2.24, 2.45) is 5.92 Å². The van der Waals surface area contributed by atoms with Gasteiger partial charge in [0.2, 0.25) is 0 Å². The van der Waals surface area contributed by atoms with Gasteiger partial charge >= 0.3 is 0 Å². The van der Waals surface area contributed by atoms with E-state index in [2.05, 4.69) is 44.0 Å². The number of nitrogens with zero attached hydrogens (tertiary/aromatic N) is 2. The van der Waals surface area contributed by atoms with Gasteiger partial charge in [0.05, 0.1) is 32.8 Å². The lowest BCUT2D eigenvalue weighted by Crippen LogP contribution is -2.32. The second-order valence-corrected chi connectivity index (χ2v) is 10.2. The minimum atomic E-state index is -0.594. The van der Waals surface area contributed by atoms with Gasteiger partial charge in [-0.1, -0.05) is 56.3 Å². The van der Waals surface area contributed by atoms with Gasteiger partial charge < -0.3 is 23.8 Å². The maximum atomic E-state index is 10.3. The summed E-state index contributed by atoms with van der Waals surface area (Å²) < 4.78 is 22.5. The van der Waals surface area contributed by atoms with E-state index >= 15 is 0 Å². The van der Waals surface area contributed by atoms with Crippen LogP contribution < -0.4 is 18.9 Å². The van der Waals surface area contributed by atoms with Crippen LogP contribution in [0.25, 0.3) is 0 Å². The van der Waals surface area contributed by atoms with Crippen LogP contribution in [0.5, 0.6) is 23.0 Å². The molecule has 0 aromatic heterocycles. The van der Waals surface area contributed by atoms with E-state index in [0.717, 1.165) is 55.0 Å². The Morgan fingerprint density at radius 1 is 0.795 bits per heavy atom. The number of benzene rings is 3. The Labute approximate surface area is 234 Å². The molecule has 0 aliphatic rings. The monoisotopic (exact) mass is 530 g/mol. The quantitative estimate of drug-likeness (QED) is 0.219. The van der Waals surface area contributed by atoms with Crippen molar-refractivity contribution in [3.8, 4) is 29.1 Å². The fraction of sp³-hybridized carbons (Fsp3) is 0.424. The minimum absolute atomic E-state index is 0.154. The van der Waals surface area contributed by atoms with Gasteiger partial charge in [0, 0.05) is 6.54 Å². The predicted octanol–water partition coefficient (Wildman–Crippen LogP) is 6.66. The molecule has 0 radical (unpaired) electrons. The molecule has 0 heterocycles. The van der Waals surface area contributed by atoms with Crippen molar-refractivity contribution in [2.75, 3.05) is 41.5 Å². The number of hydrogen-bond donors (Lipinski definition) is 0. The van der Waals surface area contributed by atoms with Crippen molar-refractivity contribution in [3.05, 3.63) is 83.4 Å². The molecule has 0 aliphatic heterocycles. The van der Waals surface area contributed by atoms with Crippen LogP contribution in [0.1, 0.15) is 43.4 Å². The lowest BCUT2D eigenvalue weighted by Gasteiger charge is -2.32. The van der Waals surface area contributed by atoms with E-state index in [-0.39, 0.29) is 5.92 Å². The highest BCUT2D eigenvalue weighted by Gasteiger charge is 2.36. The predicted molar refractivity (Wildman–Crippen MR) is 156 cm³/mol. The Morgan fingerprint density at radius 3 is 2.10 bits per heavy atom. The van der Waals surface area contributed by atoms with Crippen LogP contribution in [0, 0.1) is 17.2 Å². The molecule has 0 amide bonds. The van der Waals surface area contributed by atoms with Crippen LogP contribution in [0.3, 0.4) is 0 Å². The van der Waals surface area contributed by atoms with Crippen LogP contribution in [-0.4, -0.2) is 46.4 Å². The summed E-state index contributed by atoms with van der Waals surface area (Å²) in [6, 6.07) is 24.8. The van der Waals surface area contributed by atoms with Crippen molar-refractivity contribution in [2.45, 2.75) is 45.1 Å². The van der Waals surface area contributed by atoms with E-state index in [9.17, 15) is 5.26 Å². The maximum Gasteiger partial charge on any atom is 0.161 e. The summed E-state index contributed by atoms with van der Waals surface area (Å²) in [5.41, 5.74) is 2.70. The van der Waals surface area contributed by atoms with E-state index in [4.69, 9.17) is 18.9 Å². The average Bonchev–Trinajstić information content (AvgIpc) is 2.97. The first-order valence-corrected chi connectivity index (χ1v) is 13.5. The molecular formula is C33H42N2O4. The number of hydrogen-bond acceptors (Lipinski definition) is 6. The van der Waals surface area contributed by atoms with Gasteiger partial charge in [-0.25, -0.2) is 0 Å². The third kappa shape index (κ3) is 7.68. The molecule has 0 N–H and O–H groups in total. The van der Waals surface area contributed by atoms with Crippen molar-refractivity contribution >= 4 is 0 Å². The molecule has 1 unspecified atom stereocenters. The number of methoxy groups -OCH3 is 3. The highest BCUT2D eigenvalue weighted by atomic mass is 16.5. The smallest absolute Gasteiger partial charge is 0.161 e. The van der Waals surface area contributed by atoms with Gasteiger partial charge in [0.15, 0.2) is 23.0 Å². The van der Waals surface area contributed by atoms with Crippen LogP contribution in [0.2, 0.25) is 0 Å². The molecule has 3 aromatic carbocycles. The Bertz CT molecular complexity index is 1220. The van der Waals surface area contributed by atoms with Gasteiger partial charge in [0.1, 0.15) is 6.61 Å². The summed E-state index contributed by atoms with van der Waals surface area (Å²) in [6.07, 6.45) is 2.57. The molecule has 0 saturated heterocycles. The number of ether oxygens (including phenoxy) is 4. The van der Waals surface area contributed by atoms with E-state index in [1.165, 1.54) is 5.56 Å². The summed E-state index contributed by atoms with van der Waals surface area (Å²) in [7, 11) is 7.06. The number of nitriles is 1.